The van der Waals surface area contributed by atoms with Gasteiger partial charge >= 0.3 is 5.97 Å². The van der Waals surface area contributed by atoms with Gasteiger partial charge in [0.05, 0.1) is 6.61 Å². The fourth-order valence-electron chi connectivity index (χ4n) is 1.79. The van der Waals surface area contributed by atoms with E-state index in [0.29, 0.717) is 0 Å². The lowest BCUT2D eigenvalue weighted by molar-refractivity contribution is -0.285. The standard InChI is InChI=1S/C11H15NO7/c13-4-6-7(14)8(15)9(16)11(18-6)19-10(17)5-2-1-3-12-5/h1-3,6-9,11-16H,4H2/t6-,7-,8-,9-,11+/m1/s1. The summed E-state index contributed by atoms with van der Waals surface area (Å²) in [6.07, 6.45) is -5.72. The van der Waals surface area contributed by atoms with Crippen LogP contribution >= 0.6 is 0 Å². The summed E-state index contributed by atoms with van der Waals surface area (Å²) in [5.74, 6) is -0.783. The van der Waals surface area contributed by atoms with Gasteiger partial charge in [0.1, 0.15) is 30.1 Å². The number of aromatic amines is 1. The highest BCUT2D eigenvalue weighted by Gasteiger charge is 2.45. The lowest BCUT2D eigenvalue weighted by Gasteiger charge is -2.39. The van der Waals surface area contributed by atoms with Crippen molar-refractivity contribution in [3.63, 3.8) is 0 Å². The van der Waals surface area contributed by atoms with Gasteiger partial charge in [-0.15, -0.1) is 0 Å². The Kier molecular flexibility index (Phi) is 4.17. The van der Waals surface area contributed by atoms with E-state index in [-0.39, 0.29) is 5.69 Å². The molecule has 0 unspecified atom stereocenters. The van der Waals surface area contributed by atoms with E-state index in [1.54, 1.807) is 6.07 Å². The highest BCUT2D eigenvalue weighted by atomic mass is 16.7. The highest BCUT2D eigenvalue weighted by molar-refractivity contribution is 5.87. The van der Waals surface area contributed by atoms with Crippen molar-refractivity contribution in [1.29, 1.82) is 0 Å². The van der Waals surface area contributed by atoms with Crippen LogP contribution in [0, 0.1) is 0 Å². The van der Waals surface area contributed by atoms with Crippen molar-refractivity contribution in [3.05, 3.63) is 24.0 Å². The van der Waals surface area contributed by atoms with Gasteiger partial charge in [-0.2, -0.15) is 0 Å². The fourth-order valence-corrected chi connectivity index (χ4v) is 1.79. The summed E-state index contributed by atoms with van der Waals surface area (Å²) >= 11 is 0. The summed E-state index contributed by atoms with van der Waals surface area (Å²) in [5, 5.41) is 37.7. The zero-order chi connectivity index (χ0) is 14.0. The number of aromatic nitrogens is 1. The van der Waals surface area contributed by atoms with Crippen LogP contribution in [0.1, 0.15) is 10.5 Å². The molecule has 8 heteroatoms. The van der Waals surface area contributed by atoms with Crippen LogP contribution in [0.4, 0.5) is 0 Å². The van der Waals surface area contributed by atoms with E-state index in [0.717, 1.165) is 0 Å². The number of H-pyrrole nitrogens is 1. The van der Waals surface area contributed by atoms with Crippen molar-refractivity contribution >= 4 is 5.97 Å². The number of aliphatic hydroxyl groups excluding tert-OH is 4. The molecule has 1 aliphatic heterocycles. The van der Waals surface area contributed by atoms with E-state index >= 15 is 0 Å². The Balaban J connectivity index is 2.05. The van der Waals surface area contributed by atoms with E-state index < -0.39 is 43.3 Å². The summed E-state index contributed by atoms with van der Waals surface area (Å²) in [6.45, 7) is -0.582. The Labute approximate surface area is 108 Å². The molecule has 1 aliphatic rings. The number of nitrogens with one attached hydrogen (secondary N) is 1. The fraction of sp³-hybridized carbons (Fsp3) is 0.545. The molecule has 5 atom stereocenters. The van der Waals surface area contributed by atoms with Crippen LogP contribution in [0.3, 0.4) is 0 Å². The molecule has 106 valence electrons. The molecule has 5 N–H and O–H groups in total. The maximum atomic E-state index is 11.7. The smallest absolute Gasteiger partial charge is 0.357 e. The zero-order valence-corrected chi connectivity index (χ0v) is 9.84. The van der Waals surface area contributed by atoms with Crippen molar-refractivity contribution in [1.82, 2.24) is 4.98 Å². The van der Waals surface area contributed by atoms with Gasteiger partial charge in [-0.05, 0) is 12.1 Å². The highest BCUT2D eigenvalue weighted by Crippen LogP contribution is 2.22. The molecule has 1 aromatic heterocycles. The monoisotopic (exact) mass is 273 g/mol. The Bertz CT molecular complexity index is 419. The maximum Gasteiger partial charge on any atom is 0.357 e. The van der Waals surface area contributed by atoms with Crippen LogP contribution in [-0.2, 0) is 9.47 Å². The molecule has 0 aliphatic carbocycles. The van der Waals surface area contributed by atoms with Gasteiger partial charge in [0.2, 0.25) is 6.29 Å². The zero-order valence-electron chi connectivity index (χ0n) is 9.84. The molecule has 0 bridgehead atoms. The summed E-state index contributed by atoms with van der Waals surface area (Å²) in [7, 11) is 0. The molecule has 2 rings (SSSR count). The van der Waals surface area contributed by atoms with Gasteiger partial charge in [-0.3, -0.25) is 0 Å². The third-order valence-electron chi connectivity index (χ3n) is 2.89. The van der Waals surface area contributed by atoms with Gasteiger partial charge < -0.3 is 34.9 Å². The second-order valence-corrected chi connectivity index (χ2v) is 4.19. The molecule has 0 aromatic carbocycles. The Morgan fingerprint density at radius 2 is 2.05 bits per heavy atom. The SMILES string of the molecule is O=C(O[C@@H]1O[C@H](CO)[C@@H](O)[C@@H](O)[C@H]1O)c1ccc[nH]1. The molecule has 0 radical (unpaired) electrons. The first kappa shape index (κ1) is 14.0. The third-order valence-corrected chi connectivity index (χ3v) is 2.89. The number of hydrogen-bond acceptors (Lipinski definition) is 7. The average molecular weight is 273 g/mol. The summed E-state index contributed by atoms with van der Waals surface area (Å²) in [4.78, 5) is 14.3. The van der Waals surface area contributed by atoms with E-state index in [1.165, 1.54) is 12.3 Å². The quantitative estimate of drug-likeness (QED) is 0.401. The largest absolute Gasteiger partial charge is 0.428 e. The number of carbonyl (C=O) groups is 1. The molecular formula is C11H15NO7. The van der Waals surface area contributed by atoms with Crippen LogP contribution in [0.5, 0.6) is 0 Å². The number of ether oxygens (including phenoxy) is 2. The molecule has 0 spiro atoms. The predicted molar refractivity (Wildman–Crippen MR) is 60.0 cm³/mol. The third kappa shape index (κ3) is 2.77. The van der Waals surface area contributed by atoms with E-state index in [1.807, 2.05) is 0 Å². The number of esters is 1. The van der Waals surface area contributed by atoms with Crippen molar-refractivity contribution in [2.24, 2.45) is 0 Å². The minimum Gasteiger partial charge on any atom is -0.428 e. The molecular weight excluding hydrogens is 258 g/mol. The first-order chi connectivity index (χ1) is 9.04. The number of carbonyl (C=O) groups excluding carboxylic acids is 1. The van der Waals surface area contributed by atoms with Crippen molar-refractivity contribution in [3.8, 4) is 0 Å². The predicted octanol–water partition coefficient (Wildman–Crippen LogP) is -2.03. The number of rotatable bonds is 3. The van der Waals surface area contributed by atoms with Crippen LogP contribution < -0.4 is 0 Å². The van der Waals surface area contributed by atoms with Gasteiger partial charge in [0.25, 0.3) is 0 Å². The lowest BCUT2D eigenvalue weighted by atomic mass is 9.99. The molecule has 1 saturated heterocycles. The topological polar surface area (TPSA) is 132 Å². The lowest BCUT2D eigenvalue weighted by Crippen LogP contribution is -2.59. The summed E-state index contributed by atoms with van der Waals surface area (Å²) in [5.41, 5.74) is 0.150. The first-order valence-corrected chi connectivity index (χ1v) is 5.69. The summed E-state index contributed by atoms with van der Waals surface area (Å²) < 4.78 is 9.91. The Morgan fingerprint density at radius 3 is 2.63 bits per heavy atom. The molecule has 2 heterocycles. The van der Waals surface area contributed by atoms with Gasteiger partial charge in [-0.25, -0.2) is 4.79 Å². The van der Waals surface area contributed by atoms with Gasteiger partial charge in [-0.1, -0.05) is 0 Å². The minimum atomic E-state index is -1.60. The molecule has 19 heavy (non-hydrogen) atoms. The average Bonchev–Trinajstić information content (AvgIpc) is 2.93. The van der Waals surface area contributed by atoms with Gasteiger partial charge in [0, 0.05) is 6.20 Å². The second kappa shape index (κ2) is 5.68. The van der Waals surface area contributed by atoms with E-state index in [9.17, 15) is 20.1 Å². The van der Waals surface area contributed by atoms with Crippen molar-refractivity contribution in [2.45, 2.75) is 30.7 Å². The Morgan fingerprint density at radius 1 is 1.32 bits per heavy atom. The molecule has 1 fully saturated rings. The van der Waals surface area contributed by atoms with Crippen molar-refractivity contribution in [2.75, 3.05) is 6.61 Å². The normalized spacial score (nSPS) is 35.1. The number of hydrogen-bond donors (Lipinski definition) is 5. The summed E-state index contributed by atoms with van der Waals surface area (Å²) in [6, 6.07) is 3.05. The van der Waals surface area contributed by atoms with Crippen LogP contribution in [0.25, 0.3) is 0 Å². The maximum absolute atomic E-state index is 11.7. The van der Waals surface area contributed by atoms with E-state index in [4.69, 9.17) is 14.6 Å². The number of aliphatic hydroxyl groups is 4. The van der Waals surface area contributed by atoms with E-state index in [2.05, 4.69) is 4.98 Å². The van der Waals surface area contributed by atoms with Crippen molar-refractivity contribution < 1.29 is 34.7 Å². The Hall–Kier alpha value is -1.45. The van der Waals surface area contributed by atoms with Crippen LogP contribution in [0.15, 0.2) is 18.3 Å². The molecule has 8 nitrogen and oxygen atoms in total. The van der Waals surface area contributed by atoms with Crippen LogP contribution in [0.2, 0.25) is 0 Å². The first-order valence-electron chi connectivity index (χ1n) is 5.69. The van der Waals surface area contributed by atoms with Crippen LogP contribution in [-0.4, -0.2) is 68.7 Å². The minimum absolute atomic E-state index is 0.150. The molecule has 1 aromatic rings. The second-order valence-electron chi connectivity index (χ2n) is 4.19. The van der Waals surface area contributed by atoms with Gasteiger partial charge in [0.15, 0.2) is 0 Å². The molecule has 0 saturated carbocycles. The molecule has 0 amide bonds.